The number of aromatic nitrogens is 1. The van der Waals surface area contributed by atoms with Gasteiger partial charge in [0.1, 0.15) is 12.4 Å². The van der Waals surface area contributed by atoms with Crippen LogP contribution in [0.3, 0.4) is 0 Å². The van der Waals surface area contributed by atoms with Gasteiger partial charge in [-0.25, -0.2) is 0 Å². The topological polar surface area (TPSA) is 60.5 Å². The summed E-state index contributed by atoms with van der Waals surface area (Å²) in [5.41, 5.74) is -0.0989. The number of hydrogen-bond acceptors (Lipinski definition) is 4. The molecule has 0 bridgehead atoms. The van der Waals surface area contributed by atoms with E-state index < -0.39 is 18.4 Å². The minimum Gasteiger partial charge on any atom is -0.482 e. The van der Waals surface area contributed by atoms with Crippen LogP contribution >= 0.6 is 0 Å². The lowest BCUT2D eigenvalue weighted by molar-refractivity contribution is -0.153. The van der Waals surface area contributed by atoms with E-state index in [2.05, 4.69) is 16.9 Å². The third-order valence-electron chi connectivity index (χ3n) is 3.55. The molecule has 0 atom stereocenters. The first-order valence-electron chi connectivity index (χ1n) is 7.04. The smallest absolute Gasteiger partial charge is 0.422 e. The molecule has 2 rings (SSSR count). The number of nitrogens with zero attached hydrogens (tertiary/aromatic N) is 1. The summed E-state index contributed by atoms with van der Waals surface area (Å²) in [5.74, 6) is -0.325. The molecule has 1 aromatic heterocycles. The molecule has 1 aromatic rings. The van der Waals surface area contributed by atoms with Gasteiger partial charge in [0, 0.05) is 11.8 Å². The molecule has 0 saturated heterocycles. The lowest BCUT2D eigenvalue weighted by Gasteiger charge is -2.41. The lowest BCUT2D eigenvalue weighted by atomic mass is 9.75. The van der Waals surface area contributed by atoms with Crippen LogP contribution in [0, 0.1) is 0 Å². The summed E-state index contributed by atoms with van der Waals surface area (Å²) in [6.45, 7) is 1.84. The van der Waals surface area contributed by atoms with Gasteiger partial charge in [0.15, 0.2) is 6.61 Å². The van der Waals surface area contributed by atoms with E-state index in [0.717, 1.165) is 6.42 Å². The number of rotatable bonds is 7. The zero-order valence-electron chi connectivity index (χ0n) is 12.4. The average molecular weight is 330 g/mol. The summed E-state index contributed by atoms with van der Waals surface area (Å²) < 4.78 is 47.0. The summed E-state index contributed by atoms with van der Waals surface area (Å²) in [6, 6.07) is 1.48. The number of alkyl halides is 3. The second-order valence-corrected chi connectivity index (χ2v) is 5.22. The van der Waals surface area contributed by atoms with Crippen molar-refractivity contribution >= 4 is 5.91 Å². The minimum absolute atomic E-state index is 0.0187. The highest BCUT2D eigenvalue weighted by Gasteiger charge is 2.41. The molecule has 0 aromatic carbocycles. The van der Waals surface area contributed by atoms with Crippen LogP contribution in [0.15, 0.2) is 31.2 Å². The largest absolute Gasteiger partial charge is 0.482 e. The van der Waals surface area contributed by atoms with E-state index in [9.17, 15) is 18.0 Å². The quantitative estimate of drug-likeness (QED) is 0.835. The van der Waals surface area contributed by atoms with Crippen molar-refractivity contribution in [3.05, 3.63) is 36.8 Å². The Kier molecular flexibility index (Phi) is 5.25. The summed E-state index contributed by atoms with van der Waals surface area (Å²) in [7, 11) is 0. The van der Waals surface area contributed by atoms with Gasteiger partial charge in [-0.2, -0.15) is 13.2 Å². The summed E-state index contributed by atoms with van der Waals surface area (Å²) in [6.07, 6.45) is 1.81. The molecule has 1 amide bonds. The Morgan fingerprint density at radius 3 is 2.74 bits per heavy atom. The van der Waals surface area contributed by atoms with Crippen LogP contribution in [0.2, 0.25) is 0 Å². The zero-order chi connectivity index (χ0) is 16.9. The first-order chi connectivity index (χ1) is 10.8. The second kappa shape index (κ2) is 6.99. The summed E-state index contributed by atoms with van der Waals surface area (Å²) in [4.78, 5) is 15.4. The fourth-order valence-electron chi connectivity index (χ4n) is 2.29. The Morgan fingerprint density at radius 1 is 1.43 bits per heavy atom. The number of amides is 1. The monoisotopic (exact) mass is 330 g/mol. The Balaban J connectivity index is 2.05. The van der Waals surface area contributed by atoms with Gasteiger partial charge >= 0.3 is 6.18 Å². The molecule has 1 fully saturated rings. The summed E-state index contributed by atoms with van der Waals surface area (Å²) >= 11 is 0. The van der Waals surface area contributed by atoms with Crippen LogP contribution in [0.4, 0.5) is 13.2 Å². The Labute approximate surface area is 131 Å². The van der Waals surface area contributed by atoms with E-state index in [4.69, 9.17) is 9.47 Å². The number of ether oxygens (including phenoxy) is 2. The number of carbonyl (C=O) groups is 1. The van der Waals surface area contributed by atoms with Gasteiger partial charge in [0.2, 0.25) is 5.91 Å². The molecule has 1 heterocycles. The number of carbonyl (C=O) groups excluding carboxylic acids is 1. The van der Waals surface area contributed by atoms with Crippen LogP contribution in [0.5, 0.6) is 5.75 Å². The van der Waals surface area contributed by atoms with Crippen LogP contribution < -0.4 is 10.1 Å². The number of nitrogens with one attached hydrogen (secondary N) is 1. The van der Waals surface area contributed by atoms with E-state index in [1.807, 2.05) is 0 Å². The Bertz CT molecular complexity index is 571. The molecule has 1 N–H and O–H groups in total. The summed E-state index contributed by atoms with van der Waals surface area (Å²) in [5, 5.41) is 2.40. The molecular formula is C15H17F3N2O3. The van der Waals surface area contributed by atoms with Crippen molar-refractivity contribution in [3.8, 4) is 5.75 Å². The second-order valence-electron chi connectivity index (χ2n) is 5.22. The van der Waals surface area contributed by atoms with Gasteiger partial charge in [0.25, 0.3) is 0 Å². The van der Waals surface area contributed by atoms with Crippen molar-refractivity contribution in [2.75, 3.05) is 13.2 Å². The van der Waals surface area contributed by atoms with Gasteiger partial charge in [-0.05, 0) is 31.5 Å². The van der Waals surface area contributed by atoms with Crippen LogP contribution in [0.25, 0.3) is 0 Å². The van der Waals surface area contributed by atoms with Gasteiger partial charge in [-0.1, -0.05) is 6.58 Å². The molecule has 0 aliphatic heterocycles. The maximum Gasteiger partial charge on any atom is 0.422 e. The van der Waals surface area contributed by atoms with Gasteiger partial charge in [-0.15, -0.1) is 0 Å². The number of pyridine rings is 1. The van der Waals surface area contributed by atoms with E-state index in [1.165, 1.54) is 24.7 Å². The van der Waals surface area contributed by atoms with Crippen molar-refractivity contribution in [1.29, 1.82) is 0 Å². The molecule has 126 valence electrons. The van der Waals surface area contributed by atoms with E-state index >= 15 is 0 Å². The highest BCUT2D eigenvalue weighted by molar-refractivity contribution is 5.78. The van der Waals surface area contributed by atoms with Crippen molar-refractivity contribution in [2.24, 2.45) is 0 Å². The van der Waals surface area contributed by atoms with E-state index in [0.29, 0.717) is 18.4 Å². The van der Waals surface area contributed by atoms with Gasteiger partial charge < -0.3 is 14.8 Å². The Hall–Kier alpha value is -2.09. The van der Waals surface area contributed by atoms with Gasteiger partial charge in [0.05, 0.1) is 11.8 Å². The van der Waals surface area contributed by atoms with Crippen LogP contribution in [-0.2, 0) is 15.1 Å². The molecule has 0 spiro atoms. The molecule has 5 nitrogen and oxygen atoms in total. The highest BCUT2D eigenvalue weighted by Crippen LogP contribution is 2.45. The minimum atomic E-state index is -4.41. The average Bonchev–Trinajstić information content (AvgIpc) is 2.44. The maximum atomic E-state index is 12.2. The first-order valence-corrected chi connectivity index (χ1v) is 7.04. The predicted molar refractivity (Wildman–Crippen MR) is 75.6 cm³/mol. The van der Waals surface area contributed by atoms with Crippen molar-refractivity contribution in [2.45, 2.75) is 31.0 Å². The molecule has 23 heavy (non-hydrogen) atoms. The van der Waals surface area contributed by atoms with Crippen LogP contribution in [0.1, 0.15) is 24.8 Å². The van der Waals surface area contributed by atoms with Gasteiger partial charge in [-0.3, -0.25) is 9.78 Å². The number of halogens is 3. The lowest BCUT2D eigenvalue weighted by Crippen LogP contribution is -2.40. The third kappa shape index (κ3) is 4.69. The van der Waals surface area contributed by atoms with Crippen molar-refractivity contribution in [1.82, 2.24) is 10.3 Å². The molecule has 0 unspecified atom stereocenters. The van der Waals surface area contributed by atoms with Crippen LogP contribution in [-0.4, -0.2) is 30.3 Å². The molecule has 1 aliphatic rings. The SMILES string of the molecule is C=CNC(=O)COC1(c2cncc(OCC(F)(F)F)c2)CCC1. The third-order valence-corrected chi connectivity index (χ3v) is 3.55. The fourth-order valence-corrected chi connectivity index (χ4v) is 2.29. The molecular weight excluding hydrogens is 313 g/mol. The standard InChI is InChI=1S/C15H17F3N2O3/c1-2-20-13(21)9-23-14(4-3-5-14)11-6-12(8-19-7-11)22-10-15(16,17)18/h2,6-8H,1,3-5,9-10H2,(H,20,21). The molecule has 1 aliphatic carbocycles. The number of hydrogen-bond donors (Lipinski definition) is 1. The maximum absolute atomic E-state index is 12.2. The molecule has 1 saturated carbocycles. The normalized spacial score (nSPS) is 16.3. The first kappa shape index (κ1) is 17.3. The van der Waals surface area contributed by atoms with Crippen molar-refractivity contribution in [3.63, 3.8) is 0 Å². The molecule has 0 radical (unpaired) electrons. The van der Waals surface area contributed by atoms with E-state index in [-0.39, 0.29) is 18.3 Å². The highest BCUT2D eigenvalue weighted by atomic mass is 19.4. The Morgan fingerprint density at radius 2 is 2.17 bits per heavy atom. The zero-order valence-corrected chi connectivity index (χ0v) is 12.4. The van der Waals surface area contributed by atoms with E-state index in [1.54, 1.807) is 0 Å². The molecule has 8 heteroatoms. The predicted octanol–water partition coefficient (Wildman–Crippen LogP) is 2.68. The fraction of sp³-hybridized carbons (Fsp3) is 0.467. The van der Waals surface area contributed by atoms with Crippen molar-refractivity contribution < 1.29 is 27.4 Å².